The molecule has 0 unspecified atom stereocenters. The molecule has 0 bridgehead atoms. The van der Waals surface area contributed by atoms with Crippen LogP contribution in [0, 0.1) is 0 Å². The van der Waals surface area contributed by atoms with E-state index < -0.39 is 12.0 Å². The van der Waals surface area contributed by atoms with Gasteiger partial charge in [-0.1, -0.05) is 47.0 Å². The van der Waals surface area contributed by atoms with Crippen molar-refractivity contribution < 1.29 is 14.6 Å². The first-order chi connectivity index (χ1) is 18.9. The van der Waals surface area contributed by atoms with Gasteiger partial charge in [0, 0.05) is 36.4 Å². The van der Waals surface area contributed by atoms with Gasteiger partial charge in [-0.2, -0.15) is 0 Å². The molecule has 0 radical (unpaired) electrons. The van der Waals surface area contributed by atoms with Gasteiger partial charge in [0.2, 0.25) is 0 Å². The Balaban J connectivity index is 1.18. The highest BCUT2D eigenvalue weighted by molar-refractivity contribution is 6.32. The number of benzene rings is 2. The Morgan fingerprint density at radius 1 is 1.05 bits per heavy atom. The van der Waals surface area contributed by atoms with Crippen LogP contribution >= 0.6 is 23.2 Å². The molecule has 8 heteroatoms. The second-order valence-corrected chi connectivity index (χ2v) is 11.1. The Bertz CT molecular complexity index is 1380. The number of pyridine rings is 1. The zero-order valence-corrected chi connectivity index (χ0v) is 23.3. The van der Waals surface area contributed by atoms with Gasteiger partial charge in [0.15, 0.2) is 0 Å². The number of nitrogens with zero attached hydrogens (tertiary/aromatic N) is 2. The average Bonchev–Trinajstić information content (AvgIpc) is 3.09. The number of carboxylic acids is 1. The van der Waals surface area contributed by atoms with Crippen LogP contribution in [-0.2, 0) is 24.1 Å². The van der Waals surface area contributed by atoms with Gasteiger partial charge >= 0.3 is 5.97 Å². The van der Waals surface area contributed by atoms with Gasteiger partial charge in [-0.3, -0.25) is 9.78 Å². The van der Waals surface area contributed by atoms with Crippen molar-refractivity contribution in [2.24, 2.45) is 5.73 Å². The van der Waals surface area contributed by atoms with Gasteiger partial charge in [0.05, 0.1) is 17.3 Å². The van der Waals surface area contributed by atoms with E-state index in [9.17, 15) is 4.79 Å². The van der Waals surface area contributed by atoms with E-state index in [2.05, 4.69) is 23.1 Å². The van der Waals surface area contributed by atoms with Crippen LogP contribution < -0.4 is 10.5 Å². The van der Waals surface area contributed by atoms with E-state index in [4.69, 9.17) is 43.8 Å². The fourth-order valence-corrected chi connectivity index (χ4v) is 5.98. The van der Waals surface area contributed by atoms with E-state index in [1.165, 1.54) is 27.8 Å². The number of carboxylic acid groups (broad SMARTS) is 1. The SMILES string of the molecule is N[C@@H](Cc1ccc(OCCCN2CCC(=C3c4ccc(Cl)cc4CCc4cccnc43)CC2)c(Cl)c1)C(=O)O. The number of halogens is 2. The topological polar surface area (TPSA) is 88.7 Å². The number of hydrogen-bond acceptors (Lipinski definition) is 5. The molecule has 2 heterocycles. The van der Waals surface area contributed by atoms with Gasteiger partial charge in [-0.05, 0) is 91.1 Å². The molecule has 1 aliphatic carbocycles. The molecule has 39 heavy (non-hydrogen) atoms. The monoisotopic (exact) mass is 565 g/mol. The summed E-state index contributed by atoms with van der Waals surface area (Å²) in [4.78, 5) is 18.3. The van der Waals surface area contributed by atoms with Crippen molar-refractivity contribution in [2.75, 3.05) is 26.2 Å². The lowest BCUT2D eigenvalue weighted by Gasteiger charge is -2.30. The molecule has 204 valence electrons. The molecule has 3 aromatic rings. The highest BCUT2D eigenvalue weighted by Gasteiger charge is 2.25. The lowest BCUT2D eigenvalue weighted by atomic mass is 9.88. The number of nitrogens with two attached hydrogens (primary N) is 1. The predicted octanol–water partition coefficient (Wildman–Crippen LogP) is 5.81. The summed E-state index contributed by atoms with van der Waals surface area (Å²) in [7, 11) is 0. The Morgan fingerprint density at radius 2 is 1.85 bits per heavy atom. The zero-order valence-electron chi connectivity index (χ0n) is 21.8. The van der Waals surface area contributed by atoms with Crippen LogP contribution in [0.3, 0.4) is 0 Å². The van der Waals surface area contributed by atoms with E-state index in [1.54, 1.807) is 12.1 Å². The number of fused-ring (bicyclic) bond motifs is 2. The van der Waals surface area contributed by atoms with Crippen molar-refractivity contribution in [2.45, 2.75) is 44.6 Å². The number of likely N-dealkylation sites (tertiary alicyclic amines) is 1. The first kappa shape index (κ1) is 27.7. The van der Waals surface area contributed by atoms with Crippen molar-refractivity contribution in [3.05, 3.63) is 98.3 Å². The van der Waals surface area contributed by atoms with Crippen LogP contribution in [0.1, 0.15) is 47.2 Å². The molecular weight excluding hydrogens is 533 g/mol. The molecule has 0 amide bonds. The normalized spacial score (nSPS) is 16.3. The predicted molar refractivity (Wildman–Crippen MR) is 156 cm³/mol. The van der Waals surface area contributed by atoms with Crippen LogP contribution in [0.5, 0.6) is 5.75 Å². The third-order valence-corrected chi connectivity index (χ3v) is 8.12. The van der Waals surface area contributed by atoms with Crippen molar-refractivity contribution in [1.29, 1.82) is 0 Å². The van der Waals surface area contributed by atoms with Gasteiger partial charge in [-0.25, -0.2) is 0 Å². The van der Waals surface area contributed by atoms with Crippen molar-refractivity contribution in [3.8, 4) is 5.75 Å². The quantitative estimate of drug-likeness (QED) is 0.335. The lowest BCUT2D eigenvalue weighted by molar-refractivity contribution is -0.138. The number of aryl methyl sites for hydroxylation is 2. The Labute approximate surface area is 239 Å². The number of ether oxygens (including phenoxy) is 1. The summed E-state index contributed by atoms with van der Waals surface area (Å²) in [6.07, 6.45) is 6.99. The highest BCUT2D eigenvalue weighted by Crippen LogP contribution is 2.38. The van der Waals surface area contributed by atoms with Crippen LogP contribution in [0.15, 0.2) is 60.3 Å². The molecule has 1 fully saturated rings. The summed E-state index contributed by atoms with van der Waals surface area (Å²) in [5, 5.41) is 10.3. The molecular formula is C31H33Cl2N3O3. The molecule has 0 spiro atoms. The number of carbonyl (C=O) groups is 1. The first-order valence-electron chi connectivity index (χ1n) is 13.5. The molecule has 1 aromatic heterocycles. The second-order valence-electron chi connectivity index (χ2n) is 10.2. The van der Waals surface area contributed by atoms with Crippen molar-refractivity contribution in [1.82, 2.24) is 9.88 Å². The molecule has 1 aliphatic heterocycles. The third-order valence-electron chi connectivity index (χ3n) is 7.59. The number of rotatable bonds is 8. The highest BCUT2D eigenvalue weighted by atomic mass is 35.5. The number of piperidine rings is 1. The summed E-state index contributed by atoms with van der Waals surface area (Å²) in [5.41, 5.74) is 14.2. The minimum Gasteiger partial charge on any atom is -0.492 e. The summed E-state index contributed by atoms with van der Waals surface area (Å²) in [6.45, 7) is 3.52. The minimum absolute atomic E-state index is 0.226. The van der Waals surface area contributed by atoms with Crippen LogP contribution in [-0.4, -0.2) is 53.2 Å². The van der Waals surface area contributed by atoms with Crippen LogP contribution in [0.4, 0.5) is 0 Å². The van der Waals surface area contributed by atoms with Gasteiger partial charge in [0.1, 0.15) is 11.8 Å². The van der Waals surface area contributed by atoms with Gasteiger partial charge in [-0.15, -0.1) is 0 Å². The van der Waals surface area contributed by atoms with Crippen molar-refractivity contribution >= 4 is 34.7 Å². The largest absolute Gasteiger partial charge is 0.492 e. The lowest BCUT2D eigenvalue weighted by Crippen LogP contribution is -2.32. The molecule has 2 aliphatic rings. The first-order valence-corrected chi connectivity index (χ1v) is 14.2. The maximum atomic E-state index is 11.0. The summed E-state index contributed by atoms with van der Waals surface area (Å²) < 4.78 is 5.92. The molecule has 1 saturated heterocycles. The van der Waals surface area contributed by atoms with E-state index in [0.717, 1.165) is 68.0 Å². The summed E-state index contributed by atoms with van der Waals surface area (Å²) in [6, 6.07) is 14.9. The number of aliphatic carboxylic acids is 1. The van der Waals surface area contributed by atoms with Crippen LogP contribution in [0.2, 0.25) is 10.0 Å². The average molecular weight is 567 g/mol. The molecule has 5 rings (SSSR count). The van der Waals surface area contributed by atoms with E-state index in [-0.39, 0.29) is 6.42 Å². The van der Waals surface area contributed by atoms with E-state index >= 15 is 0 Å². The molecule has 0 saturated carbocycles. The maximum absolute atomic E-state index is 11.0. The van der Waals surface area contributed by atoms with Crippen LogP contribution in [0.25, 0.3) is 5.57 Å². The van der Waals surface area contributed by atoms with Gasteiger partial charge in [0.25, 0.3) is 0 Å². The number of hydrogen-bond donors (Lipinski definition) is 2. The van der Waals surface area contributed by atoms with E-state index in [1.807, 2.05) is 24.4 Å². The maximum Gasteiger partial charge on any atom is 0.320 e. The fourth-order valence-electron chi connectivity index (χ4n) is 5.53. The standard InChI is InChI=1S/C31H33Cl2N3O3/c32-24-7-8-25-23(19-24)6-5-22-3-1-12-35-30(22)29(25)21-10-14-36(15-11-21)13-2-16-39-28-9-4-20(17-26(28)33)18-27(34)31(37)38/h1,3-4,7-9,12,17,19,27H,2,5-6,10-11,13-16,18,34H2,(H,37,38)/t27-/m0/s1. The second kappa shape index (κ2) is 12.5. The molecule has 6 nitrogen and oxygen atoms in total. The summed E-state index contributed by atoms with van der Waals surface area (Å²) >= 11 is 12.7. The third kappa shape index (κ3) is 6.64. The van der Waals surface area contributed by atoms with Gasteiger partial charge < -0.3 is 20.5 Å². The smallest absolute Gasteiger partial charge is 0.320 e. The zero-order chi connectivity index (χ0) is 27.4. The Morgan fingerprint density at radius 3 is 2.62 bits per heavy atom. The number of aromatic nitrogens is 1. The molecule has 2 aromatic carbocycles. The molecule has 1 atom stereocenters. The van der Waals surface area contributed by atoms with Crippen molar-refractivity contribution in [3.63, 3.8) is 0 Å². The Kier molecular flexibility index (Phi) is 8.88. The fraction of sp³-hybridized carbons (Fsp3) is 0.355. The molecule has 3 N–H and O–H groups in total. The summed E-state index contributed by atoms with van der Waals surface area (Å²) in [5.74, 6) is -0.425. The minimum atomic E-state index is -1.03. The Hall–Kier alpha value is -2.90. The van der Waals surface area contributed by atoms with E-state index in [0.29, 0.717) is 17.4 Å².